The molecule has 0 bridgehead atoms. The number of methoxy groups -OCH3 is 2. The lowest BCUT2D eigenvalue weighted by molar-refractivity contribution is -0.130. The van der Waals surface area contributed by atoms with Crippen molar-refractivity contribution >= 4 is 81.4 Å². The number of aryl methyl sites for hydroxylation is 1. The third-order valence-corrected chi connectivity index (χ3v) is 8.87. The number of anilines is 1. The Bertz CT molecular complexity index is 1510. The average Bonchev–Trinajstić information content (AvgIpc) is 3.16. The summed E-state index contributed by atoms with van der Waals surface area (Å²) in [5, 5.41) is -0.296. The first-order chi connectivity index (χ1) is 18.0. The van der Waals surface area contributed by atoms with Crippen LogP contribution in [0.5, 0.6) is 11.5 Å². The van der Waals surface area contributed by atoms with E-state index in [0.717, 1.165) is 10.5 Å². The van der Waals surface area contributed by atoms with Crippen molar-refractivity contribution in [1.82, 2.24) is 4.90 Å². The van der Waals surface area contributed by atoms with E-state index in [9.17, 15) is 14.4 Å². The molecule has 0 radical (unpaired) electrons. The van der Waals surface area contributed by atoms with Gasteiger partial charge in [0, 0.05) is 10.7 Å². The van der Waals surface area contributed by atoms with E-state index in [1.54, 1.807) is 36.4 Å². The van der Waals surface area contributed by atoms with Crippen LogP contribution in [-0.2, 0) is 4.79 Å². The molecule has 0 saturated carbocycles. The van der Waals surface area contributed by atoms with Crippen LogP contribution >= 0.6 is 58.0 Å². The summed E-state index contributed by atoms with van der Waals surface area (Å²) < 4.78 is 10.8. The molecule has 196 valence electrons. The van der Waals surface area contributed by atoms with Gasteiger partial charge in [-0.15, -0.1) is 0 Å². The maximum absolute atomic E-state index is 13.7. The number of benzene rings is 3. The Kier molecular flexibility index (Phi) is 6.95. The number of amides is 3. The van der Waals surface area contributed by atoms with E-state index in [1.165, 1.54) is 19.1 Å². The Labute approximate surface area is 242 Å². The topological polar surface area (TPSA) is 76.2 Å². The summed E-state index contributed by atoms with van der Waals surface area (Å²) in [6.45, 7) is 1.83. The fourth-order valence-electron chi connectivity index (χ4n) is 4.73. The number of carbonyl (C=O) groups is 3. The van der Waals surface area contributed by atoms with E-state index in [1.807, 2.05) is 6.92 Å². The predicted octanol–water partition coefficient (Wildman–Crippen LogP) is 7.03. The van der Waals surface area contributed by atoms with Gasteiger partial charge in [-0.1, -0.05) is 70.1 Å². The number of hydrogen-bond acceptors (Lipinski definition) is 5. The number of nitrogens with zero attached hydrogens (tertiary/aromatic N) is 2. The normalized spacial score (nSPS) is 18.6. The third-order valence-electron chi connectivity index (χ3n) is 6.66. The summed E-state index contributed by atoms with van der Waals surface area (Å²) in [5.74, 6) is -1.26. The average molecular weight is 615 g/mol. The van der Waals surface area contributed by atoms with E-state index < -0.39 is 29.8 Å². The van der Waals surface area contributed by atoms with Crippen molar-refractivity contribution in [3.05, 3.63) is 83.8 Å². The van der Waals surface area contributed by atoms with Crippen molar-refractivity contribution < 1.29 is 23.9 Å². The Morgan fingerprint density at radius 2 is 1.26 bits per heavy atom. The van der Waals surface area contributed by atoms with Crippen LogP contribution in [0.15, 0.2) is 36.4 Å². The number of hydrogen-bond donors (Lipinski definition) is 0. The van der Waals surface area contributed by atoms with Crippen LogP contribution < -0.4 is 14.4 Å². The Morgan fingerprint density at radius 3 is 1.79 bits per heavy atom. The zero-order valence-corrected chi connectivity index (χ0v) is 23.7. The maximum atomic E-state index is 13.7. The Morgan fingerprint density at radius 1 is 0.684 bits per heavy atom. The molecule has 2 heterocycles. The molecule has 3 amide bonds. The maximum Gasteiger partial charge on any atom is 0.264 e. The van der Waals surface area contributed by atoms with E-state index >= 15 is 0 Å². The largest absolute Gasteiger partial charge is 0.493 e. The zero-order valence-electron chi connectivity index (χ0n) is 19.9. The summed E-state index contributed by atoms with van der Waals surface area (Å²) in [7, 11) is 2.97. The van der Waals surface area contributed by atoms with Gasteiger partial charge in [0.15, 0.2) is 11.5 Å². The highest BCUT2D eigenvalue weighted by atomic mass is 35.5. The fourth-order valence-corrected chi connectivity index (χ4v) is 5.92. The first kappa shape index (κ1) is 26.9. The van der Waals surface area contributed by atoms with Crippen molar-refractivity contribution in [3.8, 4) is 11.5 Å². The second kappa shape index (κ2) is 9.81. The number of ether oxygens (including phenoxy) is 2. The van der Waals surface area contributed by atoms with Gasteiger partial charge in [-0.3, -0.25) is 19.3 Å². The minimum atomic E-state index is -1.23. The molecule has 12 heteroatoms. The molecule has 3 aromatic carbocycles. The molecule has 3 aromatic rings. The second-order valence-corrected chi connectivity index (χ2v) is 10.6. The molecule has 0 unspecified atom stereocenters. The van der Waals surface area contributed by atoms with Gasteiger partial charge in [0.05, 0.1) is 51.5 Å². The Balaban J connectivity index is 1.66. The molecular formula is C26H17Cl5N2O5. The number of halogens is 5. The van der Waals surface area contributed by atoms with Gasteiger partial charge in [-0.2, -0.15) is 0 Å². The van der Waals surface area contributed by atoms with Gasteiger partial charge in [0.2, 0.25) is 0 Å². The lowest BCUT2D eigenvalue weighted by atomic mass is 9.86. The minimum absolute atomic E-state index is 0.160. The van der Waals surface area contributed by atoms with Crippen molar-refractivity contribution in [2.24, 2.45) is 0 Å². The minimum Gasteiger partial charge on any atom is -0.493 e. The first-order valence-corrected chi connectivity index (χ1v) is 13.0. The van der Waals surface area contributed by atoms with Crippen LogP contribution in [0.4, 0.5) is 5.69 Å². The molecule has 5 rings (SSSR count). The molecule has 0 spiro atoms. The summed E-state index contributed by atoms with van der Waals surface area (Å²) >= 11 is 31.3. The highest BCUT2D eigenvalue weighted by molar-refractivity contribution is 6.55. The Hall–Kier alpha value is -2.68. The molecule has 0 aromatic heterocycles. The molecule has 1 saturated heterocycles. The van der Waals surface area contributed by atoms with Crippen LogP contribution in [0.25, 0.3) is 0 Å². The first-order valence-electron chi connectivity index (χ1n) is 11.1. The van der Waals surface area contributed by atoms with E-state index in [4.69, 9.17) is 67.5 Å². The number of rotatable bonds is 5. The van der Waals surface area contributed by atoms with Crippen molar-refractivity contribution in [3.63, 3.8) is 0 Å². The van der Waals surface area contributed by atoms with Gasteiger partial charge >= 0.3 is 0 Å². The highest BCUT2D eigenvalue weighted by Crippen LogP contribution is 2.50. The quantitative estimate of drug-likeness (QED) is 0.134. The van der Waals surface area contributed by atoms with Crippen LogP contribution in [0.2, 0.25) is 25.1 Å². The molecule has 2 aliphatic heterocycles. The molecular weight excluding hydrogens is 598 g/mol. The number of fused-ring (bicyclic) bond motifs is 1. The van der Waals surface area contributed by atoms with E-state index in [0.29, 0.717) is 27.8 Å². The van der Waals surface area contributed by atoms with E-state index in [-0.39, 0.29) is 31.2 Å². The summed E-state index contributed by atoms with van der Waals surface area (Å²) in [5.41, 5.74) is 1.48. The van der Waals surface area contributed by atoms with Gasteiger partial charge in [0.25, 0.3) is 17.7 Å². The smallest absolute Gasteiger partial charge is 0.264 e. The highest BCUT2D eigenvalue weighted by Gasteiger charge is 2.58. The number of β-lactam (4-membered cyclic amide) rings is 1. The number of carbonyl (C=O) groups excluding carboxylic acids is 3. The molecule has 1 fully saturated rings. The lowest BCUT2D eigenvalue weighted by Gasteiger charge is -2.49. The second-order valence-electron chi connectivity index (χ2n) is 8.63. The lowest BCUT2D eigenvalue weighted by Crippen LogP contribution is -2.67. The molecule has 0 aliphatic carbocycles. The number of imide groups is 1. The van der Waals surface area contributed by atoms with Gasteiger partial charge in [-0.05, 0) is 42.3 Å². The molecule has 0 N–H and O–H groups in total. The summed E-state index contributed by atoms with van der Waals surface area (Å²) in [4.78, 5) is 43.2. The van der Waals surface area contributed by atoms with Crippen molar-refractivity contribution in [2.45, 2.75) is 19.0 Å². The molecule has 2 aliphatic rings. The van der Waals surface area contributed by atoms with Gasteiger partial charge < -0.3 is 14.4 Å². The van der Waals surface area contributed by atoms with Crippen LogP contribution in [0.3, 0.4) is 0 Å². The summed E-state index contributed by atoms with van der Waals surface area (Å²) in [6.07, 6.45) is 0. The monoisotopic (exact) mass is 612 g/mol. The SMILES string of the molecule is COc1ccc([C@H]2[C@H](N3C(=O)c4c(Cl)c(Cl)c(Cl)c(Cl)c4C3=O)C(=O)N2c2ccc(C)c(Cl)c2)cc1OC. The molecule has 38 heavy (non-hydrogen) atoms. The van der Waals surface area contributed by atoms with Crippen molar-refractivity contribution in [2.75, 3.05) is 19.1 Å². The predicted molar refractivity (Wildman–Crippen MR) is 147 cm³/mol. The van der Waals surface area contributed by atoms with Crippen LogP contribution in [0.1, 0.15) is 37.9 Å². The van der Waals surface area contributed by atoms with Gasteiger partial charge in [-0.25, -0.2) is 0 Å². The molecule has 7 nitrogen and oxygen atoms in total. The fraction of sp³-hybridized carbons (Fsp3) is 0.192. The molecule has 2 atom stereocenters. The zero-order chi connectivity index (χ0) is 27.6. The van der Waals surface area contributed by atoms with E-state index in [2.05, 4.69) is 0 Å². The van der Waals surface area contributed by atoms with Crippen LogP contribution in [-0.4, -0.2) is 42.9 Å². The van der Waals surface area contributed by atoms with Gasteiger partial charge in [0.1, 0.15) is 6.04 Å². The standard InChI is InChI=1S/C26H17Cl5N2O5/c1-10-4-6-12(9-13(10)27)32-22(11-5-7-14(37-2)15(8-11)38-3)23(26(32)36)33-24(34)16-17(25(33)35)19(29)21(31)20(30)18(16)28/h4-9,22-23H,1-3H3/t22-,23-/m0/s1. The summed E-state index contributed by atoms with van der Waals surface area (Å²) in [6, 6.07) is 8.20. The van der Waals surface area contributed by atoms with Crippen LogP contribution in [0, 0.1) is 6.92 Å². The van der Waals surface area contributed by atoms with Crippen molar-refractivity contribution in [1.29, 1.82) is 0 Å². The third kappa shape index (κ3) is 3.83.